The van der Waals surface area contributed by atoms with E-state index in [1.54, 1.807) is 24.3 Å². The second kappa shape index (κ2) is 7.36. The average Bonchev–Trinajstić information content (AvgIpc) is 2.72. The lowest BCUT2D eigenvalue weighted by Gasteiger charge is -2.55. The molecule has 29 heavy (non-hydrogen) atoms. The first-order valence-electron chi connectivity index (χ1n) is 10.8. The molecule has 1 aromatic carbocycles. The van der Waals surface area contributed by atoms with Gasteiger partial charge in [0.25, 0.3) is 0 Å². The molecule has 0 aromatic heterocycles. The van der Waals surface area contributed by atoms with Gasteiger partial charge < -0.3 is 9.47 Å². The molecule has 5 aliphatic rings. The van der Waals surface area contributed by atoms with Crippen molar-refractivity contribution >= 4 is 15.8 Å². The highest BCUT2D eigenvalue weighted by Gasteiger charge is 2.54. The Morgan fingerprint density at radius 3 is 2.10 bits per heavy atom. The third kappa shape index (κ3) is 3.62. The number of benzene rings is 1. The van der Waals surface area contributed by atoms with Gasteiger partial charge >= 0.3 is 0 Å². The molecule has 0 spiro atoms. The Balaban J connectivity index is 1.22. The molecular formula is C22H29NO5S. The minimum atomic E-state index is -3.51. The smallest absolute Gasteiger partial charge is 0.243 e. The van der Waals surface area contributed by atoms with Gasteiger partial charge in [-0.15, -0.1) is 0 Å². The number of carbonyl (C=O) groups excluding carboxylic acids is 1. The van der Waals surface area contributed by atoms with Crippen LogP contribution in [-0.2, 0) is 19.6 Å². The highest BCUT2D eigenvalue weighted by Crippen LogP contribution is 2.60. The first-order valence-corrected chi connectivity index (χ1v) is 12.2. The van der Waals surface area contributed by atoms with Crippen molar-refractivity contribution in [2.24, 2.45) is 23.2 Å². The van der Waals surface area contributed by atoms with E-state index in [0.717, 1.165) is 37.0 Å². The molecule has 0 unspecified atom stereocenters. The lowest BCUT2D eigenvalue weighted by molar-refractivity contribution is -0.145. The van der Waals surface area contributed by atoms with E-state index >= 15 is 0 Å². The number of ketones is 1. The standard InChI is InChI=1S/C22H29NO5S/c24-21(22-12-16-9-17(13-22)11-18(10-16)14-22)15-28-19-1-3-20(4-2-19)29(25,26)23-5-7-27-8-6-23/h1-4,16-18H,5-15H2. The van der Waals surface area contributed by atoms with E-state index in [2.05, 4.69) is 0 Å². The van der Waals surface area contributed by atoms with Crippen molar-refractivity contribution in [1.82, 2.24) is 4.31 Å². The number of Topliss-reactive ketones (excluding diaryl/α,β-unsaturated/α-hetero) is 1. The van der Waals surface area contributed by atoms with Crippen LogP contribution in [0.5, 0.6) is 5.75 Å². The molecule has 5 fully saturated rings. The summed E-state index contributed by atoms with van der Waals surface area (Å²) < 4.78 is 37.9. The molecule has 1 saturated heterocycles. The van der Waals surface area contributed by atoms with Gasteiger partial charge in [0.15, 0.2) is 5.78 Å². The summed E-state index contributed by atoms with van der Waals surface area (Å²) in [5, 5.41) is 0. The van der Waals surface area contributed by atoms with Gasteiger partial charge in [-0.1, -0.05) is 0 Å². The fraction of sp³-hybridized carbons (Fsp3) is 0.682. The molecule has 0 N–H and O–H groups in total. The van der Waals surface area contributed by atoms with E-state index in [0.29, 0.717) is 32.1 Å². The Morgan fingerprint density at radius 2 is 1.55 bits per heavy atom. The van der Waals surface area contributed by atoms with Crippen molar-refractivity contribution in [1.29, 1.82) is 0 Å². The predicted octanol–water partition coefficient (Wildman–Crippen LogP) is 2.87. The zero-order chi connectivity index (χ0) is 20.1. The monoisotopic (exact) mass is 419 g/mol. The van der Waals surface area contributed by atoms with E-state index in [9.17, 15) is 13.2 Å². The maximum atomic E-state index is 13.1. The highest BCUT2D eigenvalue weighted by atomic mass is 32.2. The van der Waals surface area contributed by atoms with Crippen molar-refractivity contribution in [3.05, 3.63) is 24.3 Å². The van der Waals surface area contributed by atoms with Gasteiger partial charge in [0.05, 0.1) is 18.1 Å². The van der Waals surface area contributed by atoms with Crippen LogP contribution in [0.3, 0.4) is 0 Å². The Labute approximate surface area is 172 Å². The summed E-state index contributed by atoms with van der Waals surface area (Å²) in [5.41, 5.74) is -0.158. The zero-order valence-corrected chi connectivity index (χ0v) is 17.5. The molecule has 1 aliphatic heterocycles. The number of morpholine rings is 1. The zero-order valence-electron chi connectivity index (χ0n) is 16.7. The summed E-state index contributed by atoms with van der Waals surface area (Å²) >= 11 is 0. The third-order valence-electron chi connectivity index (χ3n) is 7.43. The Morgan fingerprint density at radius 1 is 1.00 bits per heavy atom. The van der Waals surface area contributed by atoms with Crippen LogP contribution in [0, 0.1) is 23.2 Å². The van der Waals surface area contributed by atoms with Crippen molar-refractivity contribution in [3.8, 4) is 5.75 Å². The molecule has 158 valence electrons. The van der Waals surface area contributed by atoms with Crippen LogP contribution in [0.25, 0.3) is 0 Å². The number of ether oxygens (including phenoxy) is 2. The highest BCUT2D eigenvalue weighted by molar-refractivity contribution is 7.89. The second-order valence-corrected chi connectivity index (χ2v) is 11.3. The normalized spacial score (nSPS) is 34.3. The topological polar surface area (TPSA) is 72.9 Å². The fourth-order valence-corrected chi connectivity index (χ4v) is 7.81. The molecule has 6 nitrogen and oxygen atoms in total. The summed E-state index contributed by atoms with van der Waals surface area (Å²) in [6, 6.07) is 6.44. The Hall–Kier alpha value is -1.44. The number of rotatable bonds is 6. The minimum Gasteiger partial charge on any atom is -0.486 e. The fourth-order valence-electron chi connectivity index (χ4n) is 6.40. The molecule has 0 amide bonds. The lowest BCUT2D eigenvalue weighted by atomic mass is 9.48. The summed E-state index contributed by atoms with van der Waals surface area (Å²) in [5.74, 6) is 2.98. The van der Waals surface area contributed by atoms with Crippen LogP contribution in [0.4, 0.5) is 0 Å². The second-order valence-electron chi connectivity index (χ2n) is 9.40. The molecule has 0 atom stereocenters. The van der Waals surface area contributed by atoms with Gasteiger partial charge in [0.1, 0.15) is 12.4 Å². The lowest BCUT2D eigenvalue weighted by Crippen LogP contribution is -2.51. The molecule has 4 bridgehead atoms. The third-order valence-corrected chi connectivity index (χ3v) is 9.34. The number of hydrogen-bond donors (Lipinski definition) is 0. The van der Waals surface area contributed by atoms with Crippen molar-refractivity contribution in [2.75, 3.05) is 32.9 Å². The SMILES string of the molecule is O=C(COc1ccc(S(=O)(=O)N2CCOCC2)cc1)C12CC3CC(CC(C3)C1)C2. The molecule has 1 heterocycles. The van der Waals surface area contributed by atoms with Gasteiger partial charge in [0, 0.05) is 18.5 Å². The average molecular weight is 420 g/mol. The van der Waals surface area contributed by atoms with Crippen LogP contribution >= 0.6 is 0 Å². The van der Waals surface area contributed by atoms with Gasteiger partial charge in [-0.2, -0.15) is 4.31 Å². The quantitative estimate of drug-likeness (QED) is 0.709. The van der Waals surface area contributed by atoms with Crippen molar-refractivity contribution in [2.45, 2.75) is 43.4 Å². The first-order chi connectivity index (χ1) is 13.9. The molecule has 7 heteroatoms. The van der Waals surface area contributed by atoms with E-state index in [1.165, 1.54) is 23.6 Å². The molecule has 4 saturated carbocycles. The van der Waals surface area contributed by atoms with Gasteiger partial charge in [-0.05, 0) is 80.5 Å². The van der Waals surface area contributed by atoms with E-state index in [1.807, 2.05) is 0 Å². The van der Waals surface area contributed by atoms with Crippen LogP contribution in [0.2, 0.25) is 0 Å². The van der Waals surface area contributed by atoms with Gasteiger partial charge in [0.2, 0.25) is 10.0 Å². The largest absolute Gasteiger partial charge is 0.486 e. The van der Waals surface area contributed by atoms with Crippen molar-refractivity contribution in [3.63, 3.8) is 0 Å². The number of sulfonamides is 1. The molecule has 0 radical (unpaired) electrons. The summed E-state index contributed by atoms with van der Waals surface area (Å²) in [6.45, 7) is 1.68. The number of nitrogens with zero attached hydrogens (tertiary/aromatic N) is 1. The molecule has 6 rings (SSSR count). The Kier molecular flexibility index (Phi) is 4.95. The maximum absolute atomic E-state index is 13.1. The minimum absolute atomic E-state index is 0.0850. The molecule has 1 aromatic rings. The first kappa shape index (κ1) is 19.5. The van der Waals surface area contributed by atoms with Gasteiger partial charge in [-0.3, -0.25) is 4.79 Å². The van der Waals surface area contributed by atoms with E-state index in [-0.39, 0.29) is 22.7 Å². The van der Waals surface area contributed by atoms with Gasteiger partial charge in [-0.25, -0.2) is 8.42 Å². The van der Waals surface area contributed by atoms with Crippen LogP contribution in [0.1, 0.15) is 38.5 Å². The molecule has 4 aliphatic carbocycles. The summed E-state index contributed by atoms with van der Waals surface area (Å²) in [4.78, 5) is 13.3. The summed E-state index contributed by atoms with van der Waals surface area (Å²) in [6.07, 6.45) is 7.05. The van der Waals surface area contributed by atoms with Crippen LogP contribution in [-0.4, -0.2) is 51.4 Å². The Bertz CT molecular complexity index is 838. The van der Waals surface area contributed by atoms with Crippen LogP contribution in [0.15, 0.2) is 29.2 Å². The number of hydrogen-bond acceptors (Lipinski definition) is 5. The number of carbonyl (C=O) groups is 1. The maximum Gasteiger partial charge on any atom is 0.243 e. The van der Waals surface area contributed by atoms with Crippen molar-refractivity contribution < 1.29 is 22.7 Å². The molecular weight excluding hydrogens is 390 g/mol. The summed E-state index contributed by atoms with van der Waals surface area (Å²) in [7, 11) is -3.51. The van der Waals surface area contributed by atoms with E-state index in [4.69, 9.17) is 9.47 Å². The predicted molar refractivity (Wildman–Crippen MR) is 107 cm³/mol. The van der Waals surface area contributed by atoms with E-state index < -0.39 is 10.0 Å². The van der Waals surface area contributed by atoms with Crippen LogP contribution < -0.4 is 4.74 Å².